The van der Waals surface area contributed by atoms with Gasteiger partial charge in [0.15, 0.2) is 0 Å². The molecule has 4 nitrogen and oxygen atoms in total. The molecule has 2 aliphatic rings. The molecule has 0 radical (unpaired) electrons. The zero-order valence-corrected chi connectivity index (χ0v) is 12.8. The van der Waals surface area contributed by atoms with Crippen molar-refractivity contribution in [2.75, 3.05) is 31.1 Å². The summed E-state index contributed by atoms with van der Waals surface area (Å²) in [5.74, 6) is 0.885. The van der Waals surface area contributed by atoms with Crippen LogP contribution in [-0.2, 0) is 5.33 Å². The van der Waals surface area contributed by atoms with E-state index in [0.29, 0.717) is 0 Å². The number of nitrogens with zero attached hydrogens (tertiary/aromatic N) is 4. The number of anilines is 1. The summed E-state index contributed by atoms with van der Waals surface area (Å²) in [7, 11) is 0. The maximum absolute atomic E-state index is 4.46. The van der Waals surface area contributed by atoms with Gasteiger partial charge in [-0.3, -0.25) is 4.90 Å². The van der Waals surface area contributed by atoms with Crippen LogP contribution in [0.15, 0.2) is 12.4 Å². The summed E-state index contributed by atoms with van der Waals surface area (Å²) >= 11 is 3.42. The third-order valence-electron chi connectivity index (χ3n) is 4.28. The summed E-state index contributed by atoms with van der Waals surface area (Å²) in [5.41, 5.74) is 1.13. The fourth-order valence-electron chi connectivity index (χ4n) is 3.14. The molecule has 0 unspecified atom stereocenters. The van der Waals surface area contributed by atoms with Crippen molar-refractivity contribution in [2.45, 2.75) is 37.1 Å². The lowest BCUT2D eigenvalue weighted by molar-refractivity contribution is 0.187. The van der Waals surface area contributed by atoms with Gasteiger partial charge >= 0.3 is 0 Å². The van der Waals surface area contributed by atoms with Crippen LogP contribution in [0.2, 0.25) is 0 Å². The van der Waals surface area contributed by atoms with Crippen LogP contribution in [0.4, 0.5) is 5.95 Å². The van der Waals surface area contributed by atoms with E-state index < -0.39 is 0 Å². The second-order valence-corrected chi connectivity index (χ2v) is 6.05. The first-order valence-electron chi connectivity index (χ1n) is 7.22. The molecule has 1 saturated heterocycles. The predicted molar refractivity (Wildman–Crippen MR) is 80.7 cm³/mol. The van der Waals surface area contributed by atoms with Crippen LogP contribution in [0.1, 0.15) is 31.2 Å². The molecule has 104 valence electrons. The van der Waals surface area contributed by atoms with E-state index in [1.54, 1.807) is 0 Å². The molecular formula is C14H21BrN4. The molecule has 2 heterocycles. The van der Waals surface area contributed by atoms with Crippen molar-refractivity contribution in [1.29, 1.82) is 0 Å². The molecule has 0 amide bonds. The van der Waals surface area contributed by atoms with E-state index in [4.69, 9.17) is 0 Å². The first-order valence-corrected chi connectivity index (χ1v) is 8.35. The molecule has 1 aliphatic heterocycles. The Labute approximate surface area is 123 Å². The van der Waals surface area contributed by atoms with Gasteiger partial charge in [0.2, 0.25) is 5.95 Å². The number of alkyl halides is 1. The maximum Gasteiger partial charge on any atom is 0.225 e. The normalized spacial score (nSPS) is 22.1. The summed E-state index contributed by atoms with van der Waals surface area (Å²) in [6.07, 6.45) is 9.47. The third-order valence-corrected chi connectivity index (χ3v) is 4.93. The van der Waals surface area contributed by atoms with E-state index in [0.717, 1.165) is 49.1 Å². The molecular weight excluding hydrogens is 304 g/mol. The lowest BCUT2D eigenvalue weighted by atomic mass is 10.2. The molecule has 3 rings (SSSR count). The monoisotopic (exact) mass is 324 g/mol. The Kier molecular flexibility index (Phi) is 4.33. The zero-order valence-electron chi connectivity index (χ0n) is 11.3. The highest BCUT2D eigenvalue weighted by Gasteiger charge is 2.26. The fraction of sp³-hybridized carbons (Fsp3) is 0.714. The topological polar surface area (TPSA) is 32.3 Å². The summed E-state index contributed by atoms with van der Waals surface area (Å²) in [5, 5.41) is 0.822. The summed E-state index contributed by atoms with van der Waals surface area (Å²) < 4.78 is 0. The number of halogens is 1. The Morgan fingerprint density at radius 1 is 1.05 bits per heavy atom. The number of aromatic nitrogens is 2. The molecule has 5 heteroatoms. The SMILES string of the molecule is BrCc1cnc(N2CCN(C3CCCC3)CC2)nc1. The molecule has 0 spiro atoms. The number of rotatable bonds is 3. The van der Waals surface area contributed by atoms with Crippen molar-refractivity contribution < 1.29 is 0 Å². The quantitative estimate of drug-likeness (QED) is 0.799. The highest BCUT2D eigenvalue weighted by atomic mass is 79.9. The van der Waals surface area contributed by atoms with Crippen LogP contribution < -0.4 is 4.90 Å². The van der Waals surface area contributed by atoms with Gasteiger partial charge < -0.3 is 4.90 Å². The highest BCUT2D eigenvalue weighted by Crippen LogP contribution is 2.24. The lowest BCUT2D eigenvalue weighted by Crippen LogP contribution is -2.50. The standard InChI is InChI=1S/C14H21BrN4/c15-9-12-10-16-14(17-11-12)19-7-5-18(6-8-19)13-3-1-2-4-13/h10-11,13H,1-9H2. The number of hydrogen-bond donors (Lipinski definition) is 0. The molecule has 2 fully saturated rings. The van der Waals surface area contributed by atoms with Gasteiger partial charge in [-0.2, -0.15) is 0 Å². The molecule has 0 atom stereocenters. The smallest absolute Gasteiger partial charge is 0.225 e. The van der Waals surface area contributed by atoms with Gasteiger partial charge in [0, 0.05) is 49.9 Å². The van der Waals surface area contributed by atoms with E-state index in [2.05, 4.69) is 35.7 Å². The molecule has 0 bridgehead atoms. The molecule has 1 aromatic rings. The molecule has 0 aromatic carbocycles. The average Bonchev–Trinajstić information content (AvgIpc) is 3.02. The highest BCUT2D eigenvalue weighted by molar-refractivity contribution is 9.08. The van der Waals surface area contributed by atoms with E-state index in [1.165, 1.54) is 25.7 Å². The zero-order chi connectivity index (χ0) is 13.1. The Bertz CT molecular complexity index is 394. The number of hydrogen-bond acceptors (Lipinski definition) is 4. The Hall–Kier alpha value is -0.680. The van der Waals surface area contributed by atoms with Crippen LogP contribution in [0.25, 0.3) is 0 Å². The van der Waals surface area contributed by atoms with Gasteiger partial charge in [0.05, 0.1) is 0 Å². The third kappa shape index (κ3) is 3.08. The molecule has 1 saturated carbocycles. The van der Waals surface area contributed by atoms with Gasteiger partial charge in [-0.05, 0) is 18.4 Å². The van der Waals surface area contributed by atoms with Crippen LogP contribution in [0.5, 0.6) is 0 Å². The van der Waals surface area contributed by atoms with Gasteiger partial charge in [0.25, 0.3) is 0 Å². The minimum Gasteiger partial charge on any atom is -0.338 e. The number of piperazine rings is 1. The lowest BCUT2D eigenvalue weighted by Gasteiger charge is -2.38. The van der Waals surface area contributed by atoms with Crippen molar-refractivity contribution in [3.05, 3.63) is 18.0 Å². The van der Waals surface area contributed by atoms with E-state index in [9.17, 15) is 0 Å². The van der Waals surface area contributed by atoms with Crippen molar-refractivity contribution in [1.82, 2.24) is 14.9 Å². The predicted octanol–water partition coefficient (Wildman–Crippen LogP) is 2.44. The Balaban J connectivity index is 1.56. The molecule has 0 N–H and O–H groups in total. The minimum atomic E-state index is 0.822. The van der Waals surface area contributed by atoms with Crippen molar-refractivity contribution in [2.24, 2.45) is 0 Å². The van der Waals surface area contributed by atoms with Crippen molar-refractivity contribution in [3.63, 3.8) is 0 Å². The first kappa shape index (κ1) is 13.3. The largest absolute Gasteiger partial charge is 0.338 e. The summed E-state index contributed by atoms with van der Waals surface area (Å²) in [4.78, 5) is 13.9. The van der Waals surface area contributed by atoms with Crippen LogP contribution in [0, 0.1) is 0 Å². The van der Waals surface area contributed by atoms with Crippen LogP contribution >= 0.6 is 15.9 Å². The van der Waals surface area contributed by atoms with E-state index in [1.807, 2.05) is 12.4 Å². The van der Waals surface area contributed by atoms with Crippen LogP contribution in [0.3, 0.4) is 0 Å². The Morgan fingerprint density at radius 3 is 2.26 bits per heavy atom. The van der Waals surface area contributed by atoms with Gasteiger partial charge in [-0.15, -0.1) is 0 Å². The second kappa shape index (κ2) is 6.18. The van der Waals surface area contributed by atoms with Gasteiger partial charge in [0.1, 0.15) is 0 Å². The average molecular weight is 325 g/mol. The molecule has 1 aromatic heterocycles. The summed E-state index contributed by atoms with van der Waals surface area (Å²) in [6.45, 7) is 4.44. The van der Waals surface area contributed by atoms with E-state index in [-0.39, 0.29) is 0 Å². The Morgan fingerprint density at radius 2 is 1.68 bits per heavy atom. The van der Waals surface area contributed by atoms with Crippen molar-refractivity contribution >= 4 is 21.9 Å². The van der Waals surface area contributed by atoms with Crippen molar-refractivity contribution in [3.8, 4) is 0 Å². The molecule has 19 heavy (non-hydrogen) atoms. The fourth-order valence-corrected chi connectivity index (χ4v) is 3.43. The molecule has 1 aliphatic carbocycles. The van der Waals surface area contributed by atoms with E-state index >= 15 is 0 Å². The van der Waals surface area contributed by atoms with Gasteiger partial charge in [-0.25, -0.2) is 9.97 Å². The second-order valence-electron chi connectivity index (χ2n) is 5.49. The maximum atomic E-state index is 4.46. The van der Waals surface area contributed by atoms with Crippen LogP contribution in [-0.4, -0.2) is 47.1 Å². The van der Waals surface area contributed by atoms with Gasteiger partial charge in [-0.1, -0.05) is 28.8 Å². The minimum absolute atomic E-state index is 0.822. The summed E-state index contributed by atoms with van der Waals surface area (Å²) in [6, 6.07) is 0.846. The first-order chi connectivity index (χ1) is 9.36.